The highest BCUT2D eigenvalue weighted by Gasteiger charge is 2.20. The molecule has 0 aliphatic rings. The Morgan fingerprint density at radius 1 is 1.25 bits per heavy atom. The summed E-state index contributed by atoms with van der Waals surface area (Å²) in [5.74, 6) is -0.0423. The average Bonchev–Trinajstić information content (AvgIpc) is 3.09. The van der Waals surface area contributed by atoms with Crippen LogP contribution in [0.5, 0.6) is 0 Å². The van der Waals surface area contributed by atoms with Gasteiger partial charge in [0.15, 0.2) is 11.5 Å². The third-order valence-electron chi connectivity index (χ3n) is 3.04. The largest absolute Gasteiger partial charge is 0.382 e. The van der Waals surface area contributed by atoms with Crippen LogP contribution in [-0.2, 0) is 0 Å². The standard InChI is InChI=1S/C14H13N5O/c1-9-4-6-10(7-5-9)19-14(15)12(17-18-19)13(20)11-3-2-8-16-11/h2-8,16H,15H2,1H3. The van der Waals surface area contributed by atoms with Crippen LogP contribution in [0.3, 0.4) is 0 Å². The molecule has 1 aromatic carbocycles. The molecular formula is C14H13N5O. The van der Waals surface area contributed by atoms with Gasteiger partial charge >= 0.3 is 0 Å². The molecule has 20 heavy (non-hydrogen) atoms. The van der Waals surface area contributed by atoms with E-state index in [4.69, 9.17) is 5.73 Å². The molecule has 0 unspecified atom stereocenters. The highest BCUT2D eigenvalue weighted by atomic mass is 16.1. The Morgan fingerprint density at radius 3 is 2.65 bits per heavy atom. The summed E-state index contributed by atoms with van der Waals surface area (Å²) in [6.45, 7) is 1.99. The maximum absolute atomic E-state index is 12.2. The smallest absolute Gasteiger partial charge is 0.233 e. The number of H-pyrrole nitrogens is 1. The molecular weight excluding hydrogens is 254 g/mol. The van der Waals surface area contributed by atoms with E-state index >= 15 is 0 Å². The summed E-state index contributed by atoms with van der Waals surface area (Å²) in [5.41, 5.74) is 8.47. The fourth-order valence-electron chi connectivity index (χ4n) is 1.93. The normalized spacial score (nSPS) is 10.7. The maximum atomic E-state index is 12.2. The summed E-state index contributed by atoms with van der Waals surface area (Å²) in [5, 5.41) is 7.84. The molecule has 2 aromatic heterocycles. The minimum atomic E-state index is -0.272. The van der Waals surface area contributed by atoms with Crippen molar-refractivity contribution in [3.63, 3.8) is 0 Å². The number of carbonyl (C=O) groups excluding carboxylic acids is 1. The van der Waals surface area contributed by atoms with Gasteiger partial charge in [0, 0.05) is 6.20 Å². The molecule has 0 aliphatic carbocycles. The van der Waals surface area contributed by atoms with E-state index in [0.717, 1.165) is 11.3 Å². The van der Waals surface area contributed by atoms with Crippen molar-refractivity contribution in [2.24, 2.45) is 0 Å². The van der Waals surface area contributed by atoms with Crippen molar-refractivity contribution in [2.45, 2.75) is 6.92 Å². The number of aromatic nitrogens is 4. The van der Waals surface area contributed by atoms with E-state index in [2.05, 4.69) is 15.3 Å². The predicted octanol–water partition coefficient (Wildman–Crippen LogP) is 1.72. The highest BCUT2D eigenvalue weighted by molar-refractivity contribution is 6.09. The zero-order valence-corrected chi connectivity index (χ0v) is 10.9. The molecule has 2 heterocycles. The van der Waals surface area contributed by atoms with Crippen LogP contribution in [-0.4, -0.2) is 25.8 Å². The second kappa shape index (κ2) is 4.65. The summed E-state index contributed by atoms with van der Waals surface area (Å²) in [7, 11) is 0. The van der Waals surface area contributed by atoms with Crippen LogP contribution in [0.15, 0.2) is 42.6 Å². The summed E-state index contributed by atoms with van der Waals surface area (Å²) >= 11 is 0. The number of aromatic amines is 1. The second-order valence-electron chi connectivity index (χ2n) is 4.48. The first-order valence-corrected chi connectivity index (χ1v) is 6.13. The lowest BCUT2D eigenvalue weighted by Crippen LogP contribution is -2.08. The summed E-state index contributed by atoms with van der Waals surface area (Å²) < 4.78 is 1.45. The Morgan fingerprint density at radius 2 is 2.00 bits per heavy atom. The first-order chi connectivity index (χ1) is 9.66. The van der Waals surface area contributed by atoms with Gasteiger partial charge in [-0.3, -0.25) is 4.79 Å². The van der Waals surface area contributed by atoms with Crippen LogP contribution in [0.4, 0.5) is 5.82 Å². The van der Waals surface area contributed by atoms with Gasteiger partial charge in [0.1, 0.15) is 0 Å². The molecule has 0 saturated heterocycles. The van der Waals surface area contributed by atoms with E-state index in [1.54, 1.807) is 18.3 Å². The molecule has 3 aromatic rings. The summed E-state index contributed by atoms with van der Waals surface area (Å²) in [6, 6.07) is 11.1. The fraction of sp³-hybridized carbons (Fsp3) is 0.0714. The van der Waals surface area contributed by atoms with Gasteiger partial charge in [-0.2, -0.15) is 4.68 Å². The van der Waals surface area contributed by atoms with Crippen molar-refractivity contribution in [3.8, 4) is 5.69 Å². The van der Waals surface area contributed by atoms with Crippen molar-refractivity contribution < 1.29 is 4.79 Å². The maximum Gasteiger partial charge on any atom is 0.233 e. The minimum Gasteiger partial charge on any atom is -0.382 e. The van der Waals surface area contributed by atoms with Gasteiger partial charge in [-0.05, 0) is 31.2 Å². The molecule has 0 fully saturated rings. The number of anilines is 1. The number of nitrogen functional groups attached to an aromatic ring is 1. The molecule has 3 N–H and O–H groups in total. The Labute approximate surface area is 115 Å². The van der Waals surface area contributed by atoms with Crippen LogP contribution in [0.1, 0.15) is 21.7 Å². The van der Waals surface area contributed by atoms with Crippen LogP contribution >= 0.6 is 0 Å². The molecule has 0 radical (unpaired) electrons. The number of nitrogens with zero attached hydrogens (tertiary/aromatic N) is 3. The van der Waals surface area contributed by atoms with Crippen molar-refractivity contribution in [1.29, 1.82) is 0 Å². The van der Waals surface area contributed by atoms with Gasteiger partial charge in [-0.1, -0.05) is 22.9 Å². The molecule has 0 saturated carbocycles. The second-order valence-corrected chi connectivity index (χ2v) is 4.48. The minimum absolute atomic E-state index is 0.146. The van der Waals surface area contributed by atoms with E-state index in [9.17, 15) is 4.79 Å². The molecule has 6 nitrogen and oxygen atoms in total. The lowest BCUT2D eigenvalue weighted by Gasteiger charge is -2.03. The monoisotopic (exact) mass is 267 g/mol. The third-order valence-corrected chi connectivity index (χ3v) is 3.04. The van der Waals surface area contributed by atoms with E-state index in [0.29, 0.717) is 5.69 Å². The topological polar surface area (TPSA) is 89.6 Å². The van der Waals surface area contributed by atoms with Crippen molar-refractivity contribution in [1.82, 2.24) is 20.0 Å². The molecule has 0 atom stereocenters. The molecule has 6 heteroatoms. The Hall–Kier alpha value is -2.89. The van der Waals surface area contributed by atoms with Crippen LogP contribution in [0.25, 0.3) is 5.69 Å². The number of rotatable bonds is 3. The van der Waals surface area contributed by atoms with Crippen LogP contribution in [0.2, 0.25) is 0 Å². The Bertz CT molecular complexity index is 740. The van der Waals surface area contributed by atoms with E-state index < -0.39 is 0 Å². The van der Waals surface area contributed by atoms with E-state index in [1.165, 1.54) is 4.68 Å². The third kappa shape index (κ3) is 1.97. The number of nitrogens with two attached hydrogens (primary N) is 1. The molecule has 3 rings (SSSR count). The highest BCUT2D eigenvalue weighted by Crippen LogP contribution is 2.17. The number of hydrogen-bond acceptors (Lipinski definition) is 4. The van der Waals surface area contributed by atoms with Gasteiger partial charge in [0.05, 0.1) is 11.4 Å². The Balaban J connectivity index is 2.01. The number of aryl methyl sites for hydroxylation is 1. The number of benzene rings is 1. The number of hydrogen-bond donors (Lipinski definition) is 2. The molecule has 0 bridgehead atoms. The average molecular weight is 267 g/mol. The molecule has 0 amide bonds. The summed E-state index contributed by atoms with van der Waals surface area (Å²) in [4.78, 5) is 15.0. The van der Waals surface area contributed by atoms with E-state index in [-0.39, 0.29) is 17.3 Å². The predicted molar refractivity (Wildman–Crippen MR) is 74.7 cm³/mol. The first kappa shape index (κ1) is 12.2. The van der Waals surface area contributed by atoms with Crippen LogP contribution in [0, 0.1) is 6.92 Å². The molecule has 100 valence electrons. The van der Waals surface area contributed by atoms with Gasteiger partial charge in [-0.15, -0.1) is 5.10 Å². The number of carbonyl (C=O) groups is 1. The summed E-state index contributed by atoms with van der Waals surface area (Å²) in [6.07, 6.45) is 1.67. The molecule has 0 spiro atoms. The van der Waals surface area contributed by atoms with Crippen LogP contribution < -0.4 is 5.73 Å². The zero-order valence-electron chi connectivity index (χ0n) is 10.9. The lowest BCUT2D eigenvalue weighted by molar-refractivity contribution is 0.103. The van der Waals surface area contributed by atoms with Crippen molar-refractivity contribution >= 4 is 11.6 Å². The first-order valence-electron chi connectivity index (χ1n) is 6.13. The fourth-order valence-corrected chi connectivity index (χ4v) is 1.93. The SMILES string of the molecule is Cc1ccc(-n2nnc(C(=O)c3ccc[nH]3)c2N)cc1. The lowest BCUT2D eigenvalue weighted by atomic mass is 10.2. The van der Waals surface area contributed by atoms with Crippen molar-refractivity contribution in [3.05, 3.63) is 59.5 Å². The zero-order chi connectivity index (χ0) is 14.1. The number of nitrogens with one attached hydrogen (secondary N) is 1. The van der Waals surface area contributed by atoms with Gasteiger partial charge in [0.2, 0.25) is 5.78 Å². The number of ketones is 1. The van der Waals surface area contributed by atoms with Crippen molar-refractivity contribution in [2.75, 3.05) is 5.73 Å². The van der Waals surface area contributed by atoms with Gasteiger partial charge in [-0.25, -0.2) is 0 Å². The Kier molecular flexibility index (Phi) is 2.83. The van der Waals surface area contributed by atoms with Gasteiger partial charge in [0.25, 0.3) is 0 Å². The van der Waals surface area contributed by atoms with E-state index in [1.807, 2.05) is 31.2 Å². The van der Waals surface area contributed by atoms with Gasteiger partial charge < -0.3 is 10.7 Å². The quantitative estimate of drug-likeness (QED) is 0.707. The molecule has 0 aliphatic heterocycles.